The highest BCUT2D eigenvalue weighted by Gasteiger charge is 2.10. The molecule has 0 saturated heterocycles. The molecule has 0 unspecified atom stereocenters. The van der Waals surface area contributed by atoms with E-state index in [1.807, 2.05) is 13.8 Å². The Kier molecular flexibility index (Phi) is 5.35. The van der Waals surface area contributed by atoms with Crippen LogP contribution in [0.2, 0.25) is 0 Å². The molecule has 7 heteroatoms. The van der Waals surface area contributed by atoms with Crippen molar-refractivity contribution in [3.8, 4) is 5.75 Å². The number of aliphatic carboxylic acids is 1. The first-order valence-electron chi connectivity index (χ1n) is 7.12. The first-order valence-corrected chi connectivity index (χ1v) is 7.12. The number of nitrogens with zero attached hydrogens (tertiary/aromatic N) is 1. The Morgan fingerprint density at radius 2 is 1.96 bits per heavy atom. The SMILES string of the molecule is Cc1noc(C)c1COc1ccc(C(=O)NCCC(=O)O)cc1. The number of ether oxygens (including phenoxy) is 1. The molecule has 23 heavy (non-hydrogen) atoms. The third kappa shape index (κ3) is 4.57. The van der Waals surface area contributed by atoms with Crippen molar-refractivity contribution in [3.05, 3.63) is 46.8 Å². The van der Waals surface area contributed by atoms with E-state index in [2.05, 4.69) is 10.5 Å². The molecule has 0 bridgehead atoms. The molecule has 1 aromatic heterocycles. The van der Waals surface area contributed by atoms with Crippen molar-refractivity contribution in [2.45, 2.75) is 26.9 Å². The van der Waals surface area contributed by atoms with E-state index in [1.165, 1.54) is 0 Å². The summed E-state index contributed by atoms with van der Waals surface area (Å²) in [5, 5.41) is 14.9. The van der Waals surface area contributed by atoms with Gasteiger partial charge in [-0.1, -0.05) is 5.16 Å². The lowest BCUT2D eigenvalue weighted by Gasteiger charge is -2.07. The van der Waals surface area contributed by atoms with E-state index in [-0.39, 0.29) is 18.9 Å². The van der Waals surface area contributed by atoms with Crippen LogP contribution < -0.4 is 10.1 Å². The summed E-state index contributed by atoms with van der Waals surface area (Å²) >= 11 is 0. The van der Waals surface area contributed by atoms with Crippen LogP contribution in [0.25, 0.3) is 0 Å². The van der Waals surface area contributed by atoms with Gasteiger partial charge in [-0.2, -0.15) is 0 Å². The smallest absolute Gasteiger partial charge is 0.305 e. The fraction of sp³-hybridized carbons (Fsp3) is 0.312. The number of benzene rings is 1. The van der Waals surface area contributed by atoms with Crippen LogP contribution in [0.1, 0.15) is 33.8 Å². The highest BCUT2D eigenvalue weighted by molar-refractivity contribution is 5.94. The maximum atomic E-state index is 11.8. The maximum absolute atomic E-state index is 11.8. The molecule has 0 spiro atoms. The Morgan fingerprint density at radius 3 is 2.52 bits per heavy atom. The average Bonchev–Trinajstić information content (AvgIpc) is 2.84. The highest BCUT2D eigenvalue weighted by atomic mass is 16.5. The van der Waals surface area contributed by atoms with Crippen molar-refractivity contribution in [2.24, 2.45) is 0 Å². The van der Waals surface area contributed by atoms with E-state index >= 15 is 0 Å². The van der Waals surface area contributed by atoms with Crippen LogP contribution in [0, 0.1) is 13.8 Å². The number of carbonyl (C=O) groups excluding carboxylic acids is 1. The summed E-state index contributed by atoms with van der Waals surface area (Å²) in [4.78, 5) is 22.2. The van der Waals surface area contributed by atoms with E-state index in [9.17, 15) is 9.59 Å². The van der Waals surface area contributed by atoms with Gasteiger partial charge in [0.25, 0.3) is 5.91 Å². The summed E-state index contributed by atoms with van der Waals surface area (Å²) in [5.41, 5.74) is 2.14. The Morgan fingerprint density at radius 1 is 1.26 bits per heavy atom. The van der Waals surface area contributed by atoms with Crippen molar-refractivity contribution in [3.63, 3.8) is 0 Å². The van der Waals surface area contributed by atoms with Gasteiger partial charge in [0.15, 0.2) is 0 Å². The van der Waals surface area contributed by atoms with Gasteiger partial charge in [-0.3, -0.25) is 9.59 Å². The van der Waals surface area contributed by atoms with Crippen LogP contribution >= 0.6 is 0 Å². The molecule has 0 fully saturated rings. The molecular formula is C16H18N2O5. The Balaban J connectivity index is 1.89. The number of hydrogen-bond donors (Lipinski definition) is 2. The lowest BCUT2D eigenvalue weighted by atomic mass is 10.2. The third-order valence-electron chi connectivity index (χ3n) is 3.31. The van der Waals surface area contributed by atoms with Crippen LogP contribution in [0.3, 0.4) is 0 Å². The zero-order chi connectivity index (χ0) is 16.8. The van der Waals surface area contributed by atoms with Gasteiger partial charge < -0.3 is 19.7 Å². The van der Waals surface area contributed by atoms with Gasteiger partial charge in [0.05, 0.1) is 17.7 Å². The number of amides is 1. The van der Waals surface area contributed by atoms with E-state index in [0.717, 1.165) is 17.0 Å². The molecule has 122 valence electrons. The largest absolute Gasteiger partial charge is 0.489 e. The van der Waals surface area contributed by atoms with Gasteiger partial charge in [0.2, 0.25) is 0 Å². The van der Waals surface area contributed by atoms with E-state index in [0.29, 0.717) is 17.9 Å². The van der Waals surface area contributed by atoms with Crippen LogP contribution in [-0.2, 0) is 11.4 Å². The van der Waals surface area contributed by atoms with Crippen LogP contribution in [0.4, 0.5) is 0 Å². The summed E-state index contributed by atoms with van der Waals surface area (Å²) in [7, 11) is 0. The molecule has 2 N–H and O–H groups in total. The second kappa shape index (κ2) is 7.44. The van der Waals surface area contributed by atoms with Gasteiger partial charge in [0, 0.05) is 12.1 Å². The number of rotatable bonds is 7. The molecule has 0 aliphatic carbocycles. The molecule has 1 amide bonds. The van der Waals surface area contributed by atoms with Crippen LogP contribution in [0.5, 0.6) is 5.75 Å². The van der Waals surface area contributed by atoms with Gasteiger partial charge in [0.1, 0.15) is 18.1 Å². The summed E-state index contributed by atoms with van der Waals surface area (Å²) in [5.74, 6) is 0.0703. The first kappa shape index (κ1) is 16.5. The minimum Gasteiger partial charge on any atom is -0.489 e. The van der Waals surface area contributed by atoms with Crippen LogP contribution in [-0.4, -0.2) is 28.7 Å². The molecule has 2 rings (SSSR count). The second-order valence-corrected chi connectivity index (χ2v) is 5.02. The third-order valence-corrected chi connectivity index (χ3v) is 3.31. The quantitative estimate of drug-likeness (QED) is 0.810. The Labute approximate surface area is 133 Å². The van der Waals surface area contributed by atoms with E-state index < -0.39 is 5.97 Å². The highest BCUT2D eigenvalue weighted by Crippen LogP contribution is 2.17. The Hall–Kier alpha value is -2.83. The number of carboxylic acids is 1. The molecule has 2 aromatic rings. The standard InChI is InChI=1S/C16H18N2O5/c1-10-14(11(2)23-18-10)9-22-13-5-3-12(4-6-13)16(21)17-8-7-15(19)20/h3-6H,7-9H2,1-2H3,(H,17,21)(H,19,20). The minimum atomic E-state index is -0.951. The monoisotopic (exact) mass is 318 g/mol. The van der Waals surface area contributed by atoms with E-state index in [1.54, 1.807) is 24.3 Å². The number of aryl methyl sites for hydroxylation is 2. The normalized spacial score (nSPS) is 10.3. The summed E-state index contributed by atoms with van der Waals surface area (Å²) in [6.45, 7) is 4.10. The van der Waals surface area contributed by atoms with Crippen molar-refractivity contribution >= 4 is 11.9 Å². The number of nitrogens with one attached hydrogen (secondary N) is 1. The first-order chi connectivity index (χ1) is 11.0. The van der Waals surface area contributed by atoms with Gasteiger partial charge in [-0.05, 0) is 38.1 Å². The molecule has 1 aromatic carbocycles. The fourth-order valence-electron chi connectivity index (χ4n) is 1.95. The maximum Gasteiger partial charge on any atom is 0.305 e. The summed E-state index contributed by atoms with van der Waals surface area (Å²) < 4.78 is 10.7. The predicted molar refractivity (Wildman–Crippen MR) is 81.3 cm³/mol. The van der Waals surface area contributed by atoms with Crippen molar-refractivity contribution < 1.29 is 24.0 Å². The molecule has 0 saturated carbocycles. The lowest BCUT2D eigenvalue weighted by Crippen LogP contribution is -2.25. The predicted octanol–water partition coefficient (Wildman–Crippen LogP) is 2.07. The average molecular weight is 318 g/mol. The molecule has 0 atom stereocenters. The summed E-state index contributed by atoms with van der Waals surface area (Å²) in [6, 6.07) is 6.62. The van der Waals surface area contributed by atoms with E-state index in [4.69, 9.17) is 14.4 Å². The number of carbonyl (C=O) groups is 2. The second-order valence-electron chi connectivity index (χ2n) is 5.02. The van der Waals surface area contributed by atoms with Gasteiger partial charge >= 0.3 is 5.97 Å². The van der Waals surface area contributed by atoms with Crippen LogP contribution in [0.15, 0.2) is 28.8 Å². The number of carboxylic acid groups (broad SMARTS) is 1. The zero-order valence-electron chi connectivity index (χ0n) is 13.0. The molecule has 7 nitrogen and oxygen atoms in total. The minimum absolute atomic E-state index is 0.0957. The fourth-order valence-corrected chi connectivity index (χ4v) is 1.95. The molecule has 0 aliphatic rings. The molecule has 1 heterocycles. The number of hydrogen-bond acceptors (Lipinski definition) is 5. The van der Waals surface area contributed by atoms with Crippen molar-refractivity contribution in [1.82, 2.24) is 10.5 Å². The van der Waals surface area contributed by atoms with Crippen molar-refractivity contribution in [1.29, 1.82) is 0 Å². The Bertz CT molecular complexity index is 671. The molecule has 0 aliphatic heterocycles. The molecule has 0 radical (unpaired) electrons. The molecular weight excluding hydrogens is 300 g/mol. The van der Waals surface area contributed by atoms with Gasteiger partial charge in [-0.25, -0.2) is 0 Å². The zero-order valence-corrected chi connectivity index (χ0v) is 13.0. The summed E-state index contributed by atoms with van der Waals surface area (Å²) in [6.07, 6.45) is -0.107. The van der Waals surface area contributed by atoms with Gasteiger partial charge in [-0.15, -0.1) is 0 Å². The number of aromatic nitrogens is 1. The lowest BCUT2D eigenvalue weighted by molar-refractivity contribution is -0.136. The van der Waals surface area contributed by atoms with Crippen molar-refractivity contribution in [2.75, 3.05) is 6.54 Å². The topological polar surface area (TPSA) is 102 Å².